The molecule has 1 aliphatic heterocycles. The molecule has 8 heteroatoms. The van der Waals surface area contributed by atoms with Gasteiger partial charge in [0.1, 0.15) is 6.04 Å². The molecule has 2 atom stereocenters. The minimum Gasteiger partial charge on any atom is -0.480 e. The molecule has 8 nitrogen and oxygen atoms in total. The highest BCUT2D eigenvalue weighted by Crippen LogP contribution is 2.03. The first-order valence-corrected chi connectivity index (χ1v) is 7.16. The molecule has 0 radical (unpaired) electrons. The minimum absolute atomic E-state index is 0.0632. The van der Waals surface area contributed by atoms with Crippen LogP contribution in [0.4, 0.5) is 4.79 Å². The summed E-state index contributed by atoms with van der Waals surface area (Å²) in [5, 5.41) is 14.1. The van der Waals surface area contributed by atoms with E-state index in [1.165, 1.54) is 7.11 Å². The van der Waals surface area contributed by atoms with Gasteiger partial charge in [-0.2, -0.15) is 0 Å². The fourth-order valence-corrected chi connectivity index (χ4v) is 2.10. The number of carbonyl (C=O) groups excluding carboxylic acids is 1. The van der Waals surface area contributed by atoms with E-state index in [9.17, 15) is 9.59 Å². The van der Waals surface area contributed by atoms with Crippen LogP contribution in [-0.4, -0.2) is 80.7 Å². The molecular weight excluding hydrogens is 278 g/mol. The molecule has 0 spiro atoms. The van der Waals surface area contributed by atoms with Crippen LogP contribution >= 0.6 is 0 Å². The highest BCUT2D eigenvalue weighted by atomic mass is 16.5. The maximum Gasteiger partial charge on any atom is 0.326 e. The number of rotatable bonds is 8. The van der Waals surface area contributed by atoms with Crippen molar-refractivity contribution >= 4 is 12.0 Å². The second-order valence-electron chi connectivity index (χ2n) is 4.91. The van der Waals surface area contributed by atoms with Crippen LogP contribution < -0.4 is 10.6 Å². The third-order valence-electron chi connectivity index (χ3n) is 3.37. The number of ether oxygens (including phenoxy) is 2. The highest BCUT2D eigenvalue weighted by Gasteiger charge is 2.22. The van der Waals surface area contributed by atoms with Gasteiger partial charge in [-0.1, -0.05) is 6.92 Å². The fourth-order valence-electron chi connectivity index (χ4n) is 2.10. The number of likely N-dealkylation sites (N-methyl/N-ethyl adjacent to an activating group) is 1. The van der Waals surface area contributed by atoms with E-state index in [0.29, 0.717) is 13.2 Å². The standard InChI is InChI=1S/C13H25N3O5/c1-3-16-5-7-21-10(9-16)8-14-13(19)15-11(12(17)18)4-6-20-2/h10-11H,3-9H2,1-2H3,(H,17,18)(H2,14,15,19). The molecule has 1 saturated heterocycles. The summed E-state index contributed by atoms with van der Waals surface area (Å²) < 4.78 is 10.4. The molecule has 21 heavy (non-hydrogen) atoms. The molecule has 1 fully saturated rings. The molecule has 0 aliphatic carbocycles. The zero-order chi connectivity index (χ0) is 15.7. The lowest BCUT2D eigenvalue weighted by Gasteiger charge is -2.32. The van der Waals surface area contributed by atoms with Crippen LogP contribution in [0.2, 0.25) is 0 Å². The zero-order valence-electron chi connectivity index (χ0n) is 12.6. The SMILES string of the molecule is CCN1CCOC(CNC(=O)NC(CCOC)C(=O)O)C1. The van der Waals surface area contributed by atoms with Crippen molar-refractivity contribution in [3.63, 3.8) is 0 Å². The van der Waals surface area contributed by atoms with Crippen molar-refractivity contribution in [1.82, 2.24) is 15.5 Å². The maximum atomic E-state index is 11.7. The third kappa shape index (κ3) is 6.74. The Hall–Kier alpha value is -1.38. The lowest BCUT2D eigenvalue weighted by molar-refractivity contribution is -0.139. The summed E-state index contributed by atoms with van der Waals surface area (Å²) in [6.45, 7) is 5.97. The molecule has 0 saturated carbocycles. The van der Waals surface area contributed by atoms with Crippen molar-refractivity contribution in [2.24, 2.45) is 0 Å². The number of nitrogens with one attached hydrogen (secondary N) is 2. The van der Waals surface area contributed by atoms with Gasteiger partial charge >= 0.3 is 12.0 Å². The Labute approximate surface area is 124 Å². The summed E-state index contributed by atoms with van der Waals surface area (Å²) in [6.07, 6.45) is 0.162. The number of hydrogen-bond donors (Lipinski definition) is 3. The minimum atomic E-state index is -1.08. The zero-order valence-corrected chi connectivity index (χ0v) is 12.6. The first-order valence-electron chi connectivity index (χ1n) is 7.16. The van der Waals surface area contributed by atoms with E-state index in [1.54, 1.807) is 0 Å². The molecule has 2 amide bonds. The number of methoxy groups -OCH3 is 1. The van der Waals surface area contributed by atoms with E-state index in [2.05, 4.69) is 22.5 Å². The Bertz CT molecular complexity index is 340. The summed E-state index contributed by atoms with van der Waals surface area (Å²) >= 11 is 0. The van der Waals surface area contributed by atoms with Gasteiger partial charge in [0.25, 0.3) is 0 Å². The van der Waals surface area contributed by atoms with Crippen molar-refractivity contribution in [1.29, 1.82) is 0 Å². The van der Waals surface area contributed by atoms with Crippen molar-refractivity contribution < 1.29 is 24.2 Å². The van der Waals surface area contributed by atoms with Gasteiger partial charge in [-0.05, 0) is 6.54 Å². The lowest BCUT2D eigenvalue weighted by atomic mass is 10.2. The van der Waals surface area contributed by atoms with Gasteiger partial charge in [-0.15, -0.1) is 0 Å². The van der Waals surface area contributed by atoms with Gasteiger partial charge < -0.3 is 25.2 Å². The topological polar surface area (TPSA) is 100 Å². The van der Waals surface area contributed by atoms with Gasteiger partial charge in [-0.3, -0.25) is 4.90 Å². The molecule has 1 rings (SSSR count). The molecule has 3 N–H and O–H groups in total. The number of carboxylic acid groups (broad SMARTS) is 1. The fraction of sp³-hybridized carbons (Fsp3) is 0.846. The second-order valence-corrected chi connectivity index (χ2v) is 4.91. The van der Waals surface area contributed by atoms with Crippen molar-refractivity contribution in [3.8, 4) is 0 Å². The molecule has 0 bridgehead atoms. The summed E-state index contributed by atoms with van der Waals surface area (Å²) in [5.74, 6) is -1.08. The van der Waals surface area contributed by atoms with Gasteiger partial charge in [-0.25, -0.2) is 9.59 Å². The van der Waals surface area contributed by atoms with Crippen LogP contribution in [0.3, 0.4) is 0 Å². The molecule has 0 aromatic carbocycles. The number of carbonyl (C=O) groups is 2. The summed E-state index contributed by atoms with van der Waals surface area (Å²) in [7, 11) is 1.48. The van der Waals surface area contributed by atoms with E-state index in [4.69, 9.17) is 14.6 Å². The molecule has 1 heterocycles. The average Bonchev–Trinajstić information content (AvgIpc) is 2.49. The summed E-state index contributed by atoms with van der Waals surface area (Å²) in [6, 6.07) is -1.46. The van der Waals surface area contributed by atoms with Gasteiger partial charge in [0.05, 0.1) is 12.7 Å². The van der Waals surface area contributed by atoms with Crippen molar-refractivity contribution in [2.75, 3.05) is 46.5 Å². The first-order chi connectivity index (χ1) is 10.1. The Morgan fingerprint density at radius 2 is 2.29 bits per heavy atom. The normalized spacial score (nSPS) is 20.8. The van der Waals surface area contributed by atoms with Crippen LogP contribution in [0, 0.1) is 0 Å². The molecule has 2 unspecified atom stereocenters. The number of urea groups is 1. The molecule has 0 aromatic heterocycles. The molecule has 1 aliphatic rings. The molecule has 0 aromatic rings. The number of aliphatic carboxylic acids is 1. The van der Waals surface area contributed by atoms with Crippen LogP contribution in [0.5, 0.6) is 0 Å². The maximum absolute atomic E-state index is 11.7. The first kappa shape index (κ1) is 17.7. The number of morpholine rings is 1. The second kappa shape index (κ2) is 9.54. The Balaban J connectivity index is 2.30. The van der Waals surface area contributed by atoms with E-state index in [-0.39, 0.29) is 19.1 Å². The predicted octanol–water partition coefficient (Wildman–Crippen LogP) is -0.504. The monoisotopic (exact) mass is 303 g/mol. The van der Waals surface area contributed by atoms with Crippen molar-refractivity contribution in [2.45, 2.75) is 25.5 Å². The third-order valence-corrected chi connectivity index (χ3v) is 3.37. The average molecular weight is 303 g/mol. The van der Waals surface area contributed by atoms with Crippen molar-refractivity contribution in [3.05, 3.63) is 0 Å². The Kier molecular flexibility index (Phi) is 8.03. The number of carboxylic acids is 1. The smallest absolute Gasteiger partial charge is 0.326 e. The van der Waals surface area contributed by atoms with Gasteiger partial charge in [0, 0.05) is 39.8 Å². The lowest BCUT2D eigenvalue weighted by Crippen LogP contribution is -2.51. The van der Waals surface area contributed by atoms with E-state index in [0.717, 1.165) is 19.6 Å². The summed E-state index contributed by atoms with van der Waals surface area (Å²) in [4.78, 5) is 25.0. The van der Waals surface area contributed by atoms with Gasteiger partial charge in [0.15, 0.2) is 0 Å². The largest absolute Gasteiger partial charge is 0.480 e. The molecular formula is C13H25N3O5. The number of amides is 2. The van der Waals surface area contributed by atoms with Gasteiger partial charge in [0.2, 0.25) is 0 Å². The van der Waals surface area contributed by atoms with Crippen LogP contribution in [-0.2, 0) is 14.3 Å². The van der Waals surface area contributed by atoms with E-state index in [1.807, 2.05) is 0 Å². The quantitative estimate of drug-likeness (QED) is 0.559. The van der Waals surface area contributed by atoms with E-state index >= 15 is 0 Å². The summed E-state index contributed by atoms with van der Waals surface area (Å²) in [5.41, 5.74) is 0. The van der Waals surface area contributed by atoms with Crippen LogP contribution in [0.25, 0.3) is 0 Å². The van der Waals surface area contributed by atoms with Crippen LogP contribution in [0.15, 0.2) is 0 Å². The Morgan fingerprint density at radius 1 is 1.52 bits per heavy atom. The predicted molar refractivity (Wildman–Crippen MR) is 76.3 cm³/mol. The number of hydrogen-bond acceptors (Lipinski definition) is 5. The molecule has 122 valence electrons. The Morgan fingerprint density at radius 3 is 2.90 bits per heavy atom. The van der Waals surface area contributed by atoms with E-state index < -0.39 is 18.0 Å². The highest BCUT2D eigenvalue weighted by molar-refractivity contribution is 5.82. The van der Waals surface area contributed by atoms with Crippen LogP contribution in [0.1, 0.15) is 13.3 Å². The number of nitrogens with zero attached hydrogens (tertiary/aromatic N) is 1.